The first-order chi connectivity index (χ1) is 32.7. The predicted molar refractivity (Wildman–Crippen MR) is 282 cm³/mol. The van der Waals surface area contributed by atoms with Crippen LogP contribution in [0.15, 0.2) is 243 Å². The van der Waals surface area contributed by atoms with Crippen LogP contribution in [-0.2, 0) is 0 Å². The van der Waals surface area contributed by atoms with Gasteiger partial charge in [-0.1, -0.05) is 194 Å². The van der Waals surface area contributed by atoms with Crippen LogP contribution in [0.4, 0.5) is 0 Å². The molecule has 0 spiro atoms. The Kier molecular flexibility index (Phi) is 8.08. The second-order valence-corrected chi connectivity index (χ2v) is 17.9. The molecule has 0 amide bonds. The van der Waals surface area contributed by atoms with Crippen LogP contribution in [0.2, 0.25) is 0 Å². The molecule has 0 fully saturated rings. The van der Waals surface area contributed by atoms with E-state index in [1.807, 2.05) is 0 Å². The van der Waals surface area contributed by atoms with E-state index in [-0.39, 0.29) is 0 Å². The van der Waals surface area contributed by atoms with Crippen molar-refractivity contribution in [2.24, 2.45) is 0 Å². The Balaban J connectivity index is 1.19. The largest absolute Gasteiger partial charge is 0.0622 e. The van der Waals surface area contributed by atoms with Crippen LogP contribution in [0.5, 0.6) is 0 Å². The van der Waals surface area contributed by atoms with Gasteiger partial charge >= 0.3 is 0 Å². The Morgan fingerprint density at radius 2 is 0.561 bits per heavy atom. The summed E-state index contributed by atoms with van der Waals surface area (Å²) in [5.74, 6) is 0. The van der Waals surface area contributed by atoms with Crippen LogP contribution in [0, 0.1) is 0 Å². The average Bonchev–Trinajstić information content (AvgIpc) is 3.71. The molecule has 304 valence electrons. The molecule has 0 atom stereocenters. The standard InChI is InChI=1S/C66H40/c1-7-19-41(20-8-1)48-33-47-31-32-52-55(44-25-13-4-14-26-44)40-59-63-58(39-51(34-48)60(47)64(52)63)65-61(45-27-15-5-16-28-45)56-37-49-35-53(42-21-9-2-10-22-42)54(43-23-11-3-12-24-43)36-50(49)38-57(56)62(66(59)65)46-29-17-6-18-30-46/h1-40H. The minimum atomic E-state index is 1.21. The van der Waals surface area contributed by atoms with Gasteiger partial charge in [-0.05, 0) is 191 Å². The summed E-state index contributed by atoms with van der Waals surface area (Å²) >= 11 is 0. The van der Waals surface area contributed by atoms with Crippen LogP contribution >= 0.6 is 0 Å². The fourth-order valence-corrected chi connectivity index (χ4v) is 11.4. The van der Waals surface area contributed by atoms with Gasteiger partial charge in [-0.3, -0.25) is 0 Å². The maximum absolute atomic E-state index is 2.53. The maximum atomic E-state index is 2.53. The van der Waals surface area contributed by atoms with Gasteiger partial charge < -0.3 is 0 Å². The molecule has 13 aromatic carbocycles. The van der Waals surface area contributed by atoms with Gasteiger partial charge in [0.2, 0.25) is 0 Å². The van der Waals surface area contributed by atoms with E-state index in [2.05, 4.69) is 243 Å². The second-order valence-electron chi connectivity index (χ2n) is 17.9. The first kappa shape index (κ1) is 36.9. The molecule has 0 saturated heterocycles. The highest BCUT2D eigenvalue weighted by Gasteiger charge is 2.33. The summed E-state index contributed by atoms with van der Waals surface area (Å²) in [6, 6.07) is 90.5. The van der Waals surface area contributed by atoms with E-state index in [4.69, 9.17) is 0 Å². The molecule has 0 heterocycles. The van der Waals surface area contributed by atoms with E-state index < -0.39 is 0 Å². The summed E-state index contributed by atoms with van der Waals surface area (Å²) in [6.07, 6.45) is 0. The Bertz CT molecular complexity index is 4020. The summed E-state index contributed by atoms with van der Waals surface area (Å²) in [4.78, 5) is 0. The molecule has 1 aliphatic rings. The molecule has 0 bridgehead atoms. The van der Waals surface area contributed by atoms with Crippen molar-refractivity contribution in [2.45, 2.75) is 0 Å². The van der Waals surface area contributed by atoms with Crippen molar-refractivity contribution in [3.63, 3.8) is 0 Å². The van der Waals surface area contributed by atoms with Crippen LogP contribution in [0.1, 0.15) is 0 Å². The van der Waals surface area contributed by atoms with E-state index in [0.29, 0.717) is 0 Å². The molecule has 0 nitrogen and oxygen atoms in total. The lowest BCUT2D eigenvalue weighted by Gasteiger charge is -2.22. The third-order valence-electron chi connectivity index (χ3n) is 14.2. The Morgan fingerprint density at radius 3 is 1.05 bits per heavy atom. The van der Waals surface area contributed by atoms with Crippen molar-refractivity contribution in [3.8, 4) is 89.0 Å². The lowest BCUT2D eigenvalue weighted by Crippen LogP contribution is -1.95. The summed E-state index contributed by atoms with van der Waals surface area (Å²) < 4.78 is 0. The van der Waals surface area contributed by atoms with Gasteiger partial charge in [-0.25, -0.2) is 0 Å². The molecule has 66 heavy (non-hydrogen) atoms. The van der Waals surface area contributed by atoms with Crippen LogP contribution < -0.4 is 0 Å². The third kappa shape index (κ3) is 5.52. The van der Waals surface area contributed by atoms with Crippen molar-refractivity contribution in [2.75, 3.05) is 0 Å². The molecule has 0 N–H and O–H groups in total. The molecule has 0 unspecified atom stereocenters. The van der Waals surface area contributed by atoms with E-state index in [9.17, 15) is 0 Å². The quantitative estimate of drug-likeness (QED) is 0.116. The van der Waals surface area contributed by atoms with E-state index >= 15 is 0 Å². The number of fused-ring (bicyclic) bond motifs is 5. The normalized spacial score (nSPS) is 11.9. The summed E-state index contributed by atoms with van der Waals surface area (Å²) in [5, 5.41) is 12.8. The first-order valence-corrected chi connectivity index (χ1v) is 23.0. The minimum Gasteiger partial charge on any atom is -0.0622 e. The van der Waals surface area contributed by atoms with Crippen molar-refractivity contribution in [3.05, 3.63) is 243 Å². The molecule has 0 aromatic heterocycles. The van der Waals surface area contributed by atoms with Gasteiger partial charge in [0.05, 0.1) is 0 Å². The Morgan fingerprint density at radius 1 is 0.167 bits per heavy atom. The third-order valence-corrected chi connectivity index (χ3v) is 14.2. The molecule has 1 aliphatic carbocycles. The van der Waals surface area contributed by atoms with Gasteiger partial charge in [-0.2, -0.15) is 0 Å². The smallest absolute Gasteiger partial charge is 0.000718 e. The topological polar surface area (TPSA) is 0 Å². The lowest BCUT2D eigenvalue weighted by atomic mass is 9.81. The average molecular weight is 833 g/mol. The van der Waals surface area contributed by atoms with E-state index in [0.717, 1.165) is 0 Å². The number of hydrogen-bond donors (Lipinski definition) is 0. The monoisotopic (exact) mass is 832 g/mol. The SMILES string of the molecule is c1ccc(-c2cc3ccc4c(-c5ccccc5)cc5c6c(cc(c2)c3c46)-c2c-5c(-c3ccccc3)c3cc4cc(-c5ccccc5)c(-c5ccccc5)cc4cc3c2-c2ccccc2)cc1. The van der Waals surface area contributed by atoms with Crippen molar-refractivity contribution < 1.29 is 0 Å². The van der Waals surface area contributed by atoms with E-state index in [1.165, 1.54) is 143 Å². The van der Waals surface area contributed by atoms with Gasteiger partial charge in [0, 0.05) is 0 Å². The number of benzene rings is 13. The van der Waals surface area contributed by atoms with Crippen LogP contribution in [0.3, 0.4) is 0 Å². The summed E-state index contributed by atoms with van der Waals surface area (Å²) in [6.45, 7) is 0. The Labute approximate surface area is 383 Å². The molecule has 0 aliphatic heterocycles. The number of hydrogen-bond acceptors (Lipinski definition) is 0. The molecular formula is C66H40. The second kappa shape index (κ2) is 14.5. The van der Waals surface area contributed by atoms with Crippen molar-refractivity contribution in [1.29, 1.82) is 0 Å². The molecule has 0 saturated carbocycles. The van der Waals surface area contributed by atoms with Crippen LogP contribution in [0.25, 0.3) is 143 Å². The molecule has 14 rings (SSSR count). The summed E-state index contributed by atoms with van der Waals surface area (Å²) in [7, 11) is 0. The lowest BCUT2D eigenvalue weighted by molar-refractivity contribution is 1.60. The van der Waals surface area contributed by atoms with Gasteiger partial charge in [0.1, 0.15) is 0 Å². The van der Waals surface area contributed by atoms with Crippen molar-refractivity contribution in [1.82, 2.24) is 0 Å². The van der Waals surface area contributed by atoms with Crippen molar-refractivity contribution >= 4 is 53.9 Å². The maximum Gasteiger partial charge on any atom is -0.000718 e. The zero-order chi connectivity index (χ0) is 43.3. The summed E-state index contributed by atoms with van der Waals surface area (Å²) in [5.41, 5.74) is 20.1. The highest BCUT2D eigenvalue weighted by Crippen LogP contribution is 2.61. The minimum absolute atomic E-state index is 1.21. The Hall–Kier alpha value is -8.58. The fraction of sp³-hybridized carbons (Fsp3) is 0. The number of rotatable bonds is 6. The highest BCUT2D eigenvalue weighted by molar-refractivity contribution is 6.38. The molecule has 13 aromatic rings. The molecule has 0 radical (unpaired) electrons. The van der Waals surface area contributed by atoms with Gasteiger partial charge in [0.15, 0.2) is 0 Å². The van der Waals surface area contributed by atoms with Crippen LogP contribution in [-0.4, -0.2) is 0 Å². The molecular weight excluding hydrogens is 793 g/mol. The first-order valence-electron chi connectivity index (χ1n) is 23.0. The highest BCUT2D eigenvalue weighted by atomic mass is 14.4. The van der Waals surface area contributed by atoms with Gasteiger partial charge in [0.25, 0.3) is 0 Å². The zero-order valence-corrected chi connectivity index (χ0v) is 36.1. The zero-order valence-electron chi connectivity index (χ0n) is 36.1. The van der Waals surface area contributed by atoms with E-state index in [1.54, 1.807) is 0 Å². The fourth-order valence-electron chi connectivity index (χ4n) is 11.4. The molecule has 0 heteroatoms. The predicted octanol–water partition coefficient (Wildman–Crippen LogP) is 18.5. The van der Waals surface area contributed by atoms with Gasteiger partial charge in [-0.15, -0.1) is 0 Å².